The molecule has 0 saturated carbocycles. The molecule has 2 atom stereocenters. The number of aromatic nitrogens is 4. The van der Waals surface area contributed by atoms with Gasteiger partial charge < -0.3 is 29.8 Å². The molecular weight excluding hydrogens is 539 g/mol. The Morgan fingerprint density at radius 2 is 1.86 bits per heavy atom. The third-order valence-corrected chi connectivity index (χ3v) is 7.69. The molecule has 2 aromatic heterocycles. The Labute approximate surface area is 242 Å². The summed E-state index contributed by atoms with van der Waals surface area (Å²) in [5.74, 6) is 0.390. The maximum absolute atomic E-state index is 13.8. The number of amides is 1. The maximum Gasteiger partial charge on any atom is 0.233 e. The number of rotatable bonds is 7. The summed E-state index contributed by atoms with van der Waals surface area (Å²) in [6.45, 7) is 4.93. The zero-order chi connectivity index (χ0) is 29.3. The average Bonchev–Trinajstić information content (AvgIpc) is 3.65. The van der Waals surface area contributed by atoms with E-state index in [1.807, 2.05) is 37.3 Å². The molecule has 0 aliphatic carbocycles. The van der Waals surface area contributed by atoms with Gasteiger partial charge in [0.1, 0.15) is 5.82 Å². The number of carbonyl (C=O) groups excluding carboxylic acids is 1. The van der Waals surface area contributed by atoms with E-state index in [4.69, 9.17) is 19.4 Å². The molecule has 2 saturated heterocycles. The van der Waals surface area contributed by atoms with Crippen molar-refractivity contribution in [1.82, 2.24) is 24.8 Å². The second kappa shape index (κ2) is 11.6. The lowest BCUT2D eigenvalue weighted by atomic mass is 9.90. The summed E-state index contributed by atoms with van der Waals surface area (Å²) in [5.41, 5.74) is 2.63. The summed E-state index contributed by atoms with van der Waals surface area (Å²) in [7, 11) is 0. The van der Waals surface area contributed by atoms with Crippen LogP contribution in [0.2, 0.25) is 0 Å². The van der Waals surface area contributed by atoms with Gasteiger partial charge in [0, 0.05) is 24.8 Å². The minimum absolute atomic E-state index is 0.0276. The van der Waals surface area contributed by atoms with Gasteiger partial charge in [0.2, 0.25) is 18.1 Å². The fraction of sp³-hybridized carbons (Fsp3) is 0.355. The fourth-order valence-electron chi connectivity index (χ4n) is 5.29. The Hall–Kier alpha value is -4.19. The molecule has 11 heteroatoms. The minimum Gasteiger partial charge on any atom is -0.391 e. The normalized spacial score (nSPS) is 23.1. The molecule has 2 aliphatic heterocycles. The molecule has 0 bridgehead atoms. The zero-order valence-electron chi connectivity index (χ0n) is 23.5. The van der Waals surface area contributed by atoms with E-state index in [1.165, 1.54) is 12.1 Å². The smallest absolute Gasteiger partial charge is 0.233 e. The van der Waals surface area contributed by atoms with Gasteiger partial charge in [-0.2, -0.15) is 0 Å². The van der Waals surface area contributed by atoms with Crippen LogP contribution in [0.4, 0.5) is 10.3 Å². The van der Waals surface area contributed by atoms with Crippen LogP contribution in [-0.2, 0) is 14.3 Å². The Kier molecular flexibility index (Phi) is 7.72. The number of hydrogen-bond acceptors (Lipinski definition) is 8. The highest BCUT2D eigenvalue weighted by Gasteiger charge is 2.44. The SMILES string of the molecule is CC(Nc1nccc(-c2[nH]c(C3OCC(C)(C(=O)N4CCC(O)C4)CO3)nc2-c2ccc(F)cc2)n1)c1ccccc1. The summed E-state index contributed by atoms with van der Waals surface area (Å²) >= 11 is 0. The third-order valence-electron chi connectivity index (χ3n) is 7.69. The topological polar surface area (TPSA) is 125 Å². The van der Waals surface area contributed by atoms with Crippen LogP contribution in [0, 0.1) is 11.2 Å². The van der Waals surface area contributed by atoms with Crippen LogP contribution < -0.4 is 5.32 Å². The Morgan fingerprint density at radius 1 is 1.12 bits per heavy atom. The number of likely N-dealkylation sites (tertiary alicyclic amines) is 1. The highest BCUT2D eigenvalue weighted by Crippen LogP contribution is 2.37. The number of aliphatic hydroxyl groups is 1. The van der Waals surface area contributed by atoms with E-state index >= 15 is 0 Å². The number of imidazole rings is 1. The van der Waals surface area contributed by atoms with Crippen LogP contribution in [0.1, 0.15) is 44.0 Å². The number of aliphatic hydroxyl groups excluding tert-OH is 1. The van der Waals surface area contributed by atoms with Crippen molar-refractivity contribution in [2.24, 2.45) is 5.41 Å². The van der Waals surface area contributed by atoms with Crippen LogP contribution in [0.15, 0.2) is 66.9 Å². The van der Waals surface area contributed by atoms with Gasteiger partial charge in [0.25, 0.3) is 0 Å². The number of halogens is 1. The van der Waals surface area contributed by atoms with Crippen molar-refractivity contribution < 1.29 is 23.8 Å². The number of aromatic amines is 1. The Bertz CT molecular complexity index is 1540. The van der Waals surface area contributed by atoms with Crippen molar-refractivity contribution in [3.05, 3.63) is 84.1 Å². The first-order chi connectivity index (χ1) is 20.3. The molecule has 10 nitrogen and oxygen atoms in total. The van der Waals surface area contributed by atoms with E-state index in [2.05, 4.69) is 15.3 Å². The summed E-state index contributed by atoms with van der Waals surface area (Å²) in [6.07, 6.45) is 0.887. The molecule has 0 radical (unpaired) electrons. The van der Waals surface area contributed by atoms with Crippen molar-refractivity contribution in [3.63, 3.8) is 0 Å². The first-order valence-electron chi connectivity index (χ1n) is 14.0. The Balaban J connectivity index is 1.26. The molecule has 1 amide bonds. The van der Waals surface area contributed by atoms with Crippen LogP contribution in [0.3, 0.4) is 0 Å². The minimum atomic E-state index is -0.877. The van der Waals surface area contributed by atoms with Crippen molar-refractivity contribution >= 4 is 11.9 Å². The van der Waals surface area contributed by atoms with Crippen LogP contribution >= 0.6 is 0 Å². The summed E-state index contributed by atoms with van der Waals surface area (Å²) in [4.78, 5) is 32.1. The zero-order valence-corrected chi connectivity index (χ0v) is 23.5. The largest absolute Gasteiger partial charge is 0.391 e. The Morgan fingerprint density at radius 3 is 2.55 bits per heavy atom. The lowest BCUT2D eigenvalue weighted by Gasteiger charge is -2.37. The lowest BCUT2D eigenvalue weighted by molar-refractivity contribution is -0.234. The number of anilines is 1. The van der Waals surface area contributed by atoms with Crippen LogP contribution in [0.5, 0.6) is 0 Å². The molecule has 4 aromatic rings. The number of nitrogens with one attached hydrogen (secondary N) is 2. The quantitative estimate of drug-likeness (QED) is 0.296. The predicted octanol–water partition coefficient (Wildman–Crippen LogP) is 4.49. The molecule has 2 aliphatic rings. The molecular formula is C31H33FN6O4. The number of carbonyl (C=O) groups is 1. The van der Waals surface area contributed by atoms with Gasteiger partial charge in [-0.25, -0.2) is 19.3 Å². The summed E-state index contributed by atoms with van der Waals surface area (Å²) in [6, 6.07) is 17.8. The van der Waals surface area contributed by atoms with Crippen LogP contribution in [-0.4, -0.2) is 68.3 Å². The maximum atomic E-state index is 13.8. The van der Waals surface area contributed by atoms with Gasteiger partial charge in [-0.1, -0.05) is 30.3 Å². The van der Waals surface area contributed by atoms with Crippen molar-refractivity contribution in [1.29, 1.82) is 0 Å². The fourth-order valence-corrected chi connectivity index (χ4v) is 5.29. The molecule has 0 spiro atoms. The van der Waals surface area contributed by atoms with Crippen LogP contribution in [0.25, 0.3) is 22.6 Å². The molecule has 2 unspecified atom stereocenters. The van der Waals surface area contributed by atoms with E-state index in [0.717, 1.165) is 5.56 Å². The molecule has 3 N–H and O–H groups in total. The molecule has 218 valence electrons. The van der Waals surface area contributed by atoms with Gasteiger partial charge in [-0.15, -0.1) is 0 Å². The van der Waals surface area contributed by atoms with E-state index in [-0.39, 0.29) is 31.0 Å². The molecule has 42 heavy (non-hydrogen) atoms. The average molecular weight is 573 g/mol. The van der Waals surface area contributed by atoms with Crippen molar-refractivity contribution in [2.75, 3.05) is 31.6 Å². The number of hydrogen-bond donors (Lipinski definition) is 3. The predicted molar refractivity (Wildman–Crippen MR) is 153 cm³/mol. The molecule has 2 fully saturated rings. The van der Waals surface area contributed by atoms with Gasteiger partial charge >= 0.3 is 0 Å². The summed E-state index contributed by atoms with van der Waals surface area (Å²) < 4.78 is 25.8. The van der Waals surface area contributed by atoms with Gasteiger partial charge in [0.05, 0.1) is 47.9 Å². The number of benzene rings is 2. The second-order valence-corrected chi connectivity index (χ2v) is 11.1. The number of β-amino-alcohol motifs (C(OH)–C–C–N with tert-alkyl or cyclic N) is 1. The highest BCUT2D eigenvalue weighted by molar-refractivity contribution is 5.83. The first-order valence-corrected chi connectivity index (χ1v) is 14.0. The third kappa shape index (κ3) is 5.76. The molecule has 4 heterocycles. The monoisotopic (exact) mass is 572 g/mol. The molecule has 2 aromatic carbocycles. The lowest BCUT2D eigenvalue weighted by Crippen LogP contribution is -2.49. The van der Waals surface area contributed by atoms with E-state index < -0.39 is 17.8 Å². The summed E-state index contributed by atoms with van der Waals surface area (Å²) in [5, 5.41) is 13.2. The second-order valence-electron chi connectivity index (χ2n) is 11.1. The van der Waals surface area contributed by atoms with Gasteiger partial charge in [0.15, 0.2) is 5.82 Å². The van der Waals surface area contributed by atoms with Crippen molar-refractivity contribution in [3.8, 4) is 22.6 Å². The van der Waals surface area contributed by atoms with E-state index in [1.54, 1.807) is 36.2 Å². The van der Waals surface area contributed by atoms with E-state index in [0.29, 0.717) is 53.9 Å². The van der Waals surface area contributed by atoms with E-state index in [9.17, 15) is 14.3 Å². The van der Waals surface area contributed by atoms with Gasteiger partial charge in [-0.05, 0) is 56.2 Å². The van der Waals surface area contributed by atoms with Gasteiger partial charge in [-0.3, -0.25) is 4.79 Å². The number of H-pyrrole nitrogens is 1. The number of nitrogens with zero attached hydrogens (tertiary/aromatic N) is 4. The molecule has 6 rings (SSSR count). The standard InChI is InChI=1S/C31H33FN6O4/c1-19(20-6-4-3-5-7-20)34-30-33-14-12-24(35-30)26-25(21-8-10-22(32)11-9-21)36-27(37-26)28-41-17-31(2,18-42-28)29(40)38-15-13-23(39)16-38/h3-12,14,19,23,28,39H,13,15-18H2,1-2H3,(H,36,37)(H,33,34,35). The number of ether oxygens (including phenoxy) is 2. The van der Waals surface area contributed by atoms with Crippen molar-refractivity contribution in [2.45, 2.75) is 38.7 Å². The highest BCUT2D eigenvalue weighted by atomic mass is 19.1. The first kappa shape index (κ1) is 28.0.